The Morgan fingerprint density at radius 2 is 1.81 bits per heavy atom. The number of halogens is 1. The molecule has 8 rings (SSSR count). The highest BCUT2D eigenvalue weighted by molar-refractivity contribution is 7.17. The molecule has 4 aromatic rings. The molecule has 4 aliphatic heterocycles. The number of carbonyl (C=O) groups is 4. The minimum absolute atomic E-state index is 0.196. The second-order valence-corrected chi connectivity index (χ2v) is 16.7. The van der Waals surface area contributed by atoms with Crippen LogP contribution in [-0.4, -0.2) is 114 Å². The number of piperidine rings is 1. The van der Waals surface area contributed by atoms with E-state index in [0.717, 1.165) is 99.1 Å². The molecule has 2 aromatic heterocycles. The summed E-state index contributed by atoms with van der Waals surface area (Å²) in [7, 11) is 1.87. The van der Waals surface area contributed by atoms with Crippen molar-refractivity contribution in [1.82, 2.24) is 30.1 Å². The van der Waals surface area contributed by atoms with Crippen molar-refractivity contribution in [3.63, 3.8) is 0 Å². The lowest BCUT2D eigenvalue weighted by atomic mass is 9.90. The van der Waals surface area contributed by atoms with Crippen molar-refractivity contribution in [2.24, 2.45) is 0 Å². The molecule has 4 saturated heterocycles. The van der Waals surface area contributed by atoms with Gasteiger partial charge in [0.05, 0.1) is 33.7 Å². The van der Waals surface area contributed by atoms with Gasteiger partial charge in [-0.3, -0.25) is 29.4 Å². The fraction of sp³-hybridized carbons (Fsp3) is 0.452. The SMILES string of the molecule is CNc1c(C)cccc1Cl.Cc1nc(Nc2ncc(C=O)s2)cc(N2CCN(CCCCC(=O)N3CC4CC3CN4c3ccc(C4CCC(=O)NC4=O)cc3)CC2)n1. The molecule has 4 fully saturated rings. The van der Waals surface area contributed by atoms with Crippen molar-refractivity contribution in [3.8, 4) is 0 Å². The maximum atomic E-state index is 13.2. The predicted octanol–water partition coefficient (Wildman–Crippen LogP) is 5.79. The summed E-state index contributed by atoms with van der Waals surface area (Å²) in [4.78, 5) is 71.1. The molecule has 3 amide bonds. The highest BCUT2D eigenvalue weighted by Gasteiger charge is 2.45. The lowest BCUT2D eigenvalue weighted by molar-refractivity contribution is -0.134. The van der Waals surface area contributed by atoms with E-state index in [2.05, 4.69) is 62.6 Å². The first-order valence-electron chi connectivity index (χ1n) is 20.0. The number of hydrogen-bond acceptors (Lipinski definition) is 13. The summed E-state index contributed by atoms with van der Waals surface area (Å²) < 4.78 is 0. The Hall–Kier alpha value is -5.12. The Kier molecular flexibility index (Phi) is 13.2. The van der Waals surface area contributed by atoms with Gasteiger partial charge in [0.25, 0.3) is 0 Å². The zero-order valence-corrected chi connectivity index (χ0v) is 34.8. The van der Waals surface area contributed by atoms with Gasteiger partial charge in [0.2, 0.25) is 17.7 Å². The minimum Gasteiger partial charge on any atom is -0.387 e. The van der Waals surface area contributed by atoms with Gasteiger partial charge in [0.15, 0.2) is 11.4 Å². The molecule has 0 saturated carbocycles. The number of piperazine rings is 2. The third-order valence-corrected chi connectivity index (χ3v) is 12.6. The quantitative estimate of drug-likeness (QED) is 0.0900. The number of hydrogen-bond donors (Lipinski definition) is 3. The number of amides is 3. The number of nitrogens with zero attached hydrogens (tertiary/aromatic N) is 7. The molecule has 0 spiro atoms. The number of rotatable bonds is 12. The molecular weight excluding hydrogens is 776 g/mol. The number of para-hydroxylation sites is 1. The van der Waals surface area contributed by atoms with E-state index >= 15 is 0 Å². The summed E-state index contributed by atoms with van der Waals surface area (Å²) in [5.74, 6) is 1.81. The number of imide groups is 1. The van der Waals surface area contributed by atoms with Crippen LogP contribution in [0.5, 0.6) is 0 Å². The van der Waals surface area contributed by atoms with E-state index < -0.39 is 0 Å². The summed E-state index contributed by atoms with van der Waals surface area (Å²) >= 11 is 7.15. The van der Waals surface area contributed by atoms with Crippen molar-refractivity contribution in [1.29, 1.82) is 0 Å². The predicted molar refractivity (Wildman–Crippen MR) is 229 cm³/mol. The van der Waals surface area contributed by atoms with Crippen LogP contribution in [0, 0.1) is 13.8 Å². The second-order valence-electron chi connectivity index (χ2n) is 15.3. The smallest absolute Gasteiger partial charge is 0.234 e. The van der Waals surface area contributed by atoms with Crippen LogP contribution >= 0.6 is 22.9 Å². The van der Waals surface area contributed by atoms with Gasteiger partial charge < -0.3 is 25.3 Å². The van der Waals surface area contributed by atoms with Crippen LogP contribution in [0.2, 0.25) is 5.02 Å². The molecule has 0 radical (unpaired) electrons. The first-order chi connectivity index (χ1) is 28.1. The van der Waals surface area contributed by atoms with E-state index in [-0.39, 0.29) is 29.7 Å². The van der Waals surface area contributed by atoms with Gasteiger partial charge in [-0.1, -0.05) is 47.2 Å². The number of likely N-dealkylation sites (tertiary alicyclic amines) is 1. The number of aryl methyl sites for hydroxylation is 2. The van der Waals surface area contributed by atoms with Gasteiger partial charge in [-0.25, -0.2) is 15.0 Å². The van der Waals surface area contributed by atoms with E-state index in [4.69, 9.17) is 11.6 Å². The van der Waals surface area contributed by atoms with Gasteiger partial charge in [0, 0.05) is 77.0 Å². The molecule has 306 valence electrons. The number of benzene rings is 2. The standard InChI is InChI=1S/C34H41N9O4S.C8H10ClN/c1-22-36-29(38-34-35-18-27(21-44)48-34)17-30(37-22)41-14-12-40(13-15-41)11-3-2-4-32(46)43-20-25-16-26(43)19-42(25)24-7-5-23(6-8-24)28-9-10-31(45)39-33(28)47;1-6-4-3-5-7(9)8(6)10-2/h5-8,17-18,21,25-26,28H,2-4,9-16,19-20H2,1H3,(H,39,45,47)(H,35,36,37,38);3-5,10H,1-2H3. The molecule has 2 bridgehead atoms. The average molecular weight is 827 g/mol. The highest BCUT2D eigenvalue weighted by Crippen LogP contribution is 2.36. The molecule has 0 aliphatic carbocycles. The fourth-order valence-electron chi connectivity index (χ4n) is 8.39. The van der Waals surface area contributed by atoms with E-state index in [1.54, 1.807) is 6.20 Å². The Labute approximate surface area is 348 Å². The van der Waals surface area contributed by atoms with Crippen molar-refractivity contribution in [3.05, 3.63) is 81.6 Å². The summed E-state index contributed by atoms with van der Waals surface area (Å²) in [5, 5.41) is 10.1. The molecule has 3 N–H and O–H groups in total. The molecule has 14 nitrogen and oxygen atoms in total. The first-order valence-corrected chi connectivity index (χ1v) is 21.2. The van der Waals surface area contributed by atoms with Crippen LogP contribution in [0.25, 0.3) is 0 Å². The Balaban J connectivity index is 0.000000449. The van der Waals surface area contributed by atoms with Crippen LogP contribution in [0.4, 0.5) is 28.1 Å². The lowest BCUT2D eigenvalue weighted by Gasteiger charge is -2.36. The maximum absolute atomic E-state index is 13.2. The molecule has 6 heterocycles. The first kappa shape index (κ1) is 41.1. The lowest BCUT2D eigenvalue weighted by Crippen LogP contribution is -2.49. The largest absolute Gasteiger partial charge is 0.387 e. The van der Waals surface area contributed by atoms with Crippen LogP contribution in [0.1, 0.15) is 71.1 Å². The van der Waals surface area contributed by atoms with Crippen molar-refractivity contribution in [2.75, 3.05) is 73.3 Å². The molecule has 2 aromatic carbocycles. The number of aldehydes is 1. The number of carbonyl (C=O) groups excluding carboxylic acids is 4. The van der Waals surface area contributed by atoms with Gasteiger partial charge >= 0.3 is 0 Å². The van der Waals surface area contributed by atoms with Crippen molar-refractivity contribution in [2.45, 2.75) is 70.4 Å². The van der Waals surface area contributed by atoms with Gasteiger partial charge in [-0.2, -0.15) is 0 Å². The normalized spacial score (nSPS) is 20.4. The highest BCUT2D eigenvalue weighted by atomic mass is 35.5. The maximum Gasteiger partial charge on any atom is 0.234 e. The monoisotopic (exact) mass is 826 g/mol. The number of aromatic nitrogens is 3. The van der Waals surface area contributed by atoms with E-state index in [9.17, 15) is 19.2 Å². The molecule has 4 aliphatic rings. The zero-order valence-electron chi connectivity index (χ0n) is 33.2. The third kappa shape index (κ3) is 9.76. The summed E-state index contributed by atoms with van der Waals surface area (Å²) in [6.45, 7) is 10.1. The number of anilines is 5. The molecule has 3 atom stereocenters. The van der Waals surface area contributed by atoms with Gasteiger partial charge in [0.1, 0.15) is 17.5 Å². The van der Waals surface area contributed by atoms with Crippen LogP contribution in [-0.2, 0) is 14.4 Å². The average Bonchev–Trinajstić information content (AvgIpc) is 3.97. The summed E-state index contributed by atoms with van der Waals surface area (Å²) in [6.07, 6.45) is 6.74. The van der Waals surface area contributed by atoms with Crippen molar-refractivity contribution >= 4 is 75.1 Å². The van der Waals surface area contributed by atoms with Gasteiger partial charge in [-0.05, 0) is 75.4 Å². The topological polar surface area (TPSA) is 156 Å². The Morgan fingerprint density at radius 1 is 1.02 bits per heavy atom. The minimum atomic E-state index is -0.273. The third-order valence-electron chi connectivity index (χ3n) is 11.4. The van der Waals surface area contributed by atoms with Crippen LogP contribution < -0.4 is 25.8 Å². The second kappa shape index (κ2) is 18.6. The summed E-state index contributed by atoms with van der Waals surface area (Å²) in [5.41, 5.74) is 4.26. The zero-order chi connectivity index (χ0) is 40.8. The van der Waals surface area contributed by atoms with Crippen molar-refractivity contribution < 1.29 is 19.2 Å². The van der Waals surface area contributed by atoms with E-state index in [0.29, 0.717) is 47.0 Å². The number of thiazole rings is 1. The number of fused-ring (bicyclic) bond motifs is 2. The van der Waals surface area contributed by atoms with E-state index in [1.807, 2.05) is 57.3 Å². The Morgan fingerprint density at radius 3 is 2.47 bits per heavy atom. The fourth-order valence-corrected chi connectivity index (χ4v) is 9.34. The number of unbranched alkanes of at least 4 members (excludes halogenated alkanes) is 1. The Bertz CT molecular complexity index is 2090. The van der Waals surface area contributed by atoms with Crippen LogP contribution in [0.3, 0.4) is 0 Å². The molecule has 58 heavy (non-hydrogen) atoms. The molecule has 3 unspecified atom stereocenters. The summed E-state index contributed by atoms with van der Waals surface area (Å²) in [6, 6.07) is 16.5. The van der Waals surface area contributed by atoms with Crippen LogP contribution in [0.15, 0.2) is 54.7 Å². The molecular formula is C42H51ClN10O4S. The molecule has 16 heteroatoms. The number of nitrogens with one attached hydrogen (secondary N) is 3. The van der Waals surface area contributed by atoms with Gasteiger partial charge in [-0.15, -0.1) is 0 Å². The van der Waals surface area contributed by atoms with E-state index in [1.165, 1.54) is 16.9 Å².